The van der Waals surface area contributed by atoms with Crippen molar-refractivity contribution in [3.8, 4) is 0 Å². The van der Waals surface area contributed by atoms with Crippen molar-refractivity contribution in [3.05, 3.63) is 0 Å². The van der Waals surface area contributed by atoms with E-state index in [1.807, 2.05) is 0 Å². The molecule has 0 amide bonds. The van der Waals surface area contributed by atoms with Gasteiger partial charge in [-0.3, -0.25) is 4.79 Å². The summed E-state index contributed by atoms with van der Waals surface area (Å²) in [5.41, 5.74) is 0. The van der Waals surface area contributed by atoms with E-state index in [1.54, 1.807) is 0 Å². The van der Waals surface area contributed by atoms with Crippen molar-refractivity contribution in [2.45, 2.75) is 37.9 Å². The lowest BCUT2D eigenvalue weighted by Gasteiger charge is -2.22. The van der Waals surface area contributed by atoms with Crippen LogP contribution in [0.4, 0.5) is 0 Å². The first-order valence-corrected chi connectivity index (χ1v) is 4.40. The van der Waals surface area contributed by atoms with Crippen molar-refractivity contribution >= 4 is 16.9 Å². The number of hydrogen-bond acceptors (Lipinski definition) is 2. The second-order valence-corrected chi connectivity index (χ2v) is 3.82. The van der Waals surface area contributed by atoms with Crippen molar-refractivity contribution in [1.82, 2.24) is 0 Å². The van der Waals surface area contributed by atoms with Gasteiger partial charge in [-0.25, -0.2) is 0 Å². The minimum Gasteiger partial charge on any atom is -0.287 e. The minimum atomic E-state index is 0.385. The Bertz CT molecular complexity index is 103. The average Bonchev–Trinajstić information content (AvgIpc) is 1.78. The highest BCUT2D eigenvalue weighted by Gasteiger charge is 2.26. The second kappa shape index (κ2) is 3.25. The molecule has 0 spiro atoms. The molecule has 1 saturated heterocycles. The standard InChI is InChI=1S/C7H12OS/c1-2-3-4-6-5-7(8)9-6/h6H,2-5H2,1H3. The smallest absolute Gasteiger partial charge is 0.190 e. The second-order valence-electron chi connectivity index (χ2n) is 2.46. The highest BCUT2D eigenvalue weighted by atomic mass is 32.2. The van der Waals surface area contributed by atoms with Crippen LogP contribution in [0, 0.1) is 0 Å². The lowest BCUT2D eigenvalue weighted by atomic mass is 10.1. The van der Waals surface area contributed by atoms with Gasteiger partial charge in [0.2, 0.25) is 0 Å². The normalized spacial score (nSPS) is 25.9. The molecule has 1 aliphatic heterocycles. The SMILES string of the molecule is CCCCC1CC(=O)S1. The highest BCUT2D eigenvalue weighted by molar-refractivity contribution is 8.16. The van der Waals surface area contributed by atoms with Crippen molar-refractivity contribution in [2.24, 2.45) is 0 Å². The van der Waals surface area contributed by atoms with Gasteiger partial charge in [-0.05, 0) is 6.42 Å². The summed E-state index contributed by atoms with van der Waals surface area (Å²) in [4.78, 5) is 10.4. The minimum absolute atomic E-state index is 0.385. The maximum Gasteiger partial charge on any atom is 0.190 e. The quantitative estimate of drug-likeness (QED) is 0.604. The molecular weight excluding hydrogens is 132 g/mol. The number of rotatable bonds is 3. The predicted octanol–water partition coefficient (Wildman–Crippen LogP) is 2.21. The Hall–Kier alpha value is 0.0200. The molecule has 1 heterocycles. The largest absolute Gasteiger partial charge is 0.287 e. The Morgan fingerprint density at radius 3 is 2.89 bits per heavy atom. The molecule has 0 radical (unpaired) electrons. The predicted molar refractivity (Wildman–Crippen MR) is 40.5 cm³/mol. The molecule has 1 atom stereocenters. The maximum absolute atomic E-state index is 10.4. The van der Waals surface area contributed by atoms with Crippen LogP contribution >= 0.6 is 11.8 Å². The van der Waals surface area contributed by atoms with Gasteiger partial charge in [0.25, 0.3) is 0 Å². The van der Waals surface area contributed by atoms with Crippen molar-refractivity contribution < 1.29 is 4.79 Å². The van der Waals surface area contributed by atoms with Crippen LogP contribution in [0.1, 0.15) is 32.6 Å². The molecule has 2 heteroatoms. The van der Waals surface area contributed by atoms with E-state index in [1.165, 1.54) is 31.0 Å². The fourth-order valence-corrected chi connectivity index (χ4v) is 1.85. The van der Waals surface area contributed by atoms with Crippen LogP contribution in [0.25, 0.3) is 0 Å². The van der Waals surface area contributed by atoms with Crippen LogP contribution in [0.15, 0.2) is 0 Å². The van der Waals surface area contributed by atoms with Crippen molar-refractivity contribution in [2.75, 3.05) is 0 Å². The van der Waals surface area contributed by atoms with E-state index < -0.39 is 0 Å². The molecule has 52 valence electrons. The van der Waals surface area contributed by atoms with E-state index in [9.17, 15) is 4.79 Å². The molecule has 0 aliphatic carbocycles. The summed E-state index contributed by atoms with van der Waals surface area (Å²) in [7, 11) is 0. The molecule has 0 aromatic rings. The summed E-state index contributed by atoms with van der Waals surface area (Å²) in [5.74, 6) is 0. The van der Waals surface area contributed by atoms with Crippen LogP contribution in [0.3, 0.4) is 0 Å². The first-order chi connectivity index (χ1) is 4.33. The zero-order valence-corrected chi connectivity index (χ0v) is 6.54. The number of carbonyl (C=O) groups is 1. The number of hydrogen-bond donors (Lipinski definition) is 0. The summed E-state index contributed by atoms with van der Waals surface area (Å²) in [6.07, 6.45) is 4.62. The lowest BCUT2D eigenvalue weighted by Crippen LogP contribution is -2.20. The third kappa shape index (κ3) is 2.01. The summed E-state index contributed by atoms with van der Waals surface area (Å²) in [6, 6.07) is 0. The van der Waals surface area contributed by atoms with E-state index in [0.717, 1.165) is 6.42 Å². The van der Waals surface area contributed by atoms with Crippen LogP contribution in [0.2, 0.25) is 0 Å². The van der Waals surface area contributed by atoms with Gasteiger partial charge in [-0.1, -0.05) is 31.5 Å². The topological polar surface area (TPSA) is 17.1 Å². The molecule has 1 nitrogen and oxygen atoms in total. The molecule has 0 aromatic heterocycles. The molecule has 1 aliphatic rings. The Kier molecular flexibility index (Phi) is 2.58. The Morgan fingerprint density at radius 1 is 1.78 bits per heavy atom. The van der Waals surface area contributed by atoms with Crippen LogP contribution in [0.5, 0.6) is 0 Å². The van der Waals surface area contributed by atoms with Crippen LogP contribution < -0.4 is 0 Å². The van der Waals surface area contributed by atoms with E-state index in [0.29, 0.717) is 10.4 Å². The zero-order chi connectivity index (χ0) is 6.69. The summed E-state index contributed by atoms with van der Waals surface area (Å²) < 4.78 is 0. The summed E-state index contributed by atoms with van der Waals surface area (Å²) in [6.45, 7) is 2.19. The third-order valence-electron chi connectivity index (χ3n) is 1.57. The molecule has 0 saturated carbocycles. The van der Waals surface area contributed by atoms with E-state index in [-0.39, 0.29) is 0 Å². The third-order valence-corrected chi connectivity index (χ3v) is 2.74. The van der Waals surface area contributed by atoms with Gasteiger partial charge in [0.15, 0.2) is 5.12 Å². The van der Waals surface area contributed by atoms with Gasteiger partial charge < -0.3 is 0 Å². The molecule has 1 unspecified atom stereocenters. The monoisotopic (exact) mass is 144 g/mol. The van der Waals surface area contributed by atoms with Gasteiger partial charge >= 0.3 is 0 Å². The highest BCUT2D eigenvalue weighted by Crippen LogP contribution is 2.33. The molecule has 1 rings (SSSR count). The average molecular weight is 144 g/mol. The Labute approximate surface area is 60.2 Å². The Morgan fingerprint density at radius 2 is 2.44 bits per heavy atom. The van der Waals surface area contributed by atoms with Gasteiger partial charge in [-0.15, -0.1) is 0 Å². The van der Waals surface area contributed by atoms with Gasteiger partial charge in [0.1, 0.15) is 0 Å². The van der Waals surface area contributed by atoms with E-state index in [4.69, 9.17) is 0 Å². The fourth-order valence-electron chi connectivity index (χ4n) is 0.955. The number of thioether (sulfide) groups is 1. The van der Waals surface area contributed by atoms with Crippen molar-refractivity contribution in [3.63, 3.8) is 0 Å². The number of carbonyl (C=O) groups excluding carboxylic acids is 1. The molecular formula is C7H12OS. The van der Waals surface area contributed by atoms with Crippen LogP contribution in [-0.2, 0) is 4.79 Å². The fraction of sp³-hybridized carbons (Fsp3) is 0.857. The molecule has 0 N–H and O–H groups in total. The van der Waals surface area contributed by atoms with E-state index in [2.05, 4.69) is 6.92 Å². The first kappa shape index (κ1) is 7.13. The molecule has 0 aromatic carbocycles. The van der Waals surface area contributed by atoms with Crippen molar-refractivity contribution in [1.29, 1.82) is 0 Å². The van der Waals surface area contributed by atoms with Gasteiger partial charge in [-0.2, -0.15) is 0 Å². The summed E-state index contributed by atoms with van der Waals surface area (Å²) >= 11 is 1.53. The number of unbranched alkanes of at least 4 members (excludes halogenated alkanes) is 1. The maximum atomic E-state index is 10.4. The molecule has 0 bridgehead atoms. The molecule has 9 heavy (non-hydrogen) atoms. The lowest BCUT2D eigenvalue weighted by molar-refractivity contribution is -0.112. The molecule has 1 fully saturated rings. The van der Waals surface area contributed by atoms with Gasteiger partial charge in [0, 0.05) is 11.7 Å². The Balaban J connectivity index is 1.97. The van der Waals surface area contributed by atoms with Crippen LogP contribution in [-0.4, -0.2) is 10.4 Å². The zero-order valence-electron chi connectivity index (χ0n) is 5.72. The first-order valence-electron chi connectivity index (χ1n) is 3.52. The summed E-state index contributed by atoms with van der Waals surface area (Å²) in [5, 5.41) is 1.06. The van der Waals surface area contributed by atoms with Gasteiger partial charge in [0.05, 0.1) is 0 Å². The van der Waals surface area contributed by atoms with E-state index >= 15 is 0 Å².